The van der Waals surface area contributed by atoms with Gasteiger partial charge in [0.2, 0.25) is 0 Å². The average Bonchev–Trinajstić information content (AvgIpc) is 2.86. The number of hydrogen-bond donors (Lipinski definition) is 0. The number of non-ortho nitro benzene ring substituents is 1. The quantitative estimate of drug-likeness (QED) is 0.136. The van der Waals surface area contributed by atoms with Gasteiger partial charge in [-0.25, -0.2) is 0 Å². The molecular weight excluding hydrogens is 418 g/mol. The second-order valence-corrected chi connectivity index (χ2v) is 8.48. The number of hydrogen-bond acceptors (Lipinski definition) is 4. The van der Waals surface area contributed by atoms with E-state index in [0.29, 0.717) is 5.56 Å². The second-order valence-electron chi connectivity index (χ2n) is 7.30. The first-order valence-corrected chi connectivity index (χ1v) is 11.2. The van der Waals surface area contributed by atoms with E-state index in [4.69, 9.17) is 0 Å². The zero-order valence-electron chi connectivity index (χ0n) is 17.3. The molecule has 0 saturated heterocycles. The molecule has 0 heterocycles. The van der Waals surface area contributed by atoms with Crippen LogP contribution in [0.3, 0.4) is 0 Å². The third-order valence-corrected chi connectivity index (χ3v) is 6.91. The Labute approximate surface area is 191 Å². The van der Waals surface area contributed by atoms with Crippen molar-refractivity contribution in [3.8, 4) is 0 Å². The van der Waals surface area contributed by atoms with Gasteiger partial charge in [0.25, 0.3) is 5.69 Å². The number of nitro groups is 1. The first-order chi connectivity index (χ1) is 15.6. The summed E-state index contributed by atoms with van der Waals surface area (Å²) in [6.07, 6.45) is 0. The first-order valence-electron chi connectivity index (χ1n) is 10.2. The number of ketones is 1. The number of nitro benzene ring substituents is 1. The lowest BCUT2D eigenvalue weighted by molar-refractivity contribution is -0.384. The Morgan fingerprint density at radius 2 is 1.09 bits per heavy atom. The van der Waals surface area contributed by atoms with E-state index in [1.54, 1.807) is 11.8 Å². The van der Waals surface area contributed by atoms with E-state index in [2.05, 4.69) is 36.4 Å². The molecule has 0 spiro atoms. The number of thioether (sulfide) groups is 1. The zero-order valence-corrected chi connectivity index (χ0v) is 18.1. The second kappa shape index (κ2) is 9.62. The van der Waals surface area contributed by atoms with E-state index in [9.17, 15) is 14.9 Å². The van der Waals surface area contributed by atoms with Crippen LogP contribution in [0.1, 0.15) is 27.0 Å². The largest absolute Gasteiger partial charge is 0.293 e. The van der Waals surface area contributed by atoms with E-state index in [0.717, 1.165) is 16.7 Å². The van der Waals surface area contributed by atoms with Gasteiger partial charge in [0, 0.05) is 17.7 Å². The van der Waals surface area contributed by atoms with E-state index >= 15 is 0 Å². The molecule has 4 aromatic rings. The van der Waals surface area contributed by atoms with Crippen molar-refractivity contribution in [1.29, 1.82) is 0 Å². The van der Waals surface area contributed by atoms with Gasteiger partial charge in [-0.05, 0) is 28.8 Å². The molecule has 32 heavy (non-hydrogen) atoms. The molecule has 0 aromatic heterocycles. The van der Waals surface area contributed by atoms with Crippen LogP contribution >= 0.6 is 11.8 Å². The van der Waals surface area contributed by atoms with Gasteiger partial charge in [0.1, 0.15) is 0 Å². The molecule has 0 saturated carbocycles. The van der Waals surface area contributed by atoms with Crippen LogP contribution in [0.5, 0.6) is 0 Å². The van der Waals surface area contributed by atoms with Crippen LogP contribution < -0.4 is 0 Å². The van der Waals surface area contributed by atoms with Crippen LogP contribution in [0.15, 0.2) is 115 Å². The number of carbonyl (C=O) groups excluding carboxylic acids is 1. The Bertz CT molecular complexity index is 1100. The molecule has 0 aliphatic rings. The maximum absolute atomic E-state index is 13.1. The smallest absolute Gasteiger partial charge is 0.269 e. The summed E-state index contributed by atoms with van der Waals surface area (Å²) in [5.41, 5.74) is 3.68. The Morgan fingerprint density at radius 3 is 1.47 bits per heavy atom. The highest BCUT2D eigenvalue weighted by Crippen LogP contribution is 2.48. The molecule has 0 radical (unpaired) electrons. The molecule has 0 unspecified atom stereocenters. The van der Waals surface area contributed by atoms with Gasteiger partial charge in [0.05, 0.1) is 15.4 Å². The van der Waals surface area contributed by atoms with Gasteiger partial charge < -0.3 is 0 Å². The normalized spacial score (nSPS) is 11.1. The molecule has 0 N–H and O–H groups in total. The van der Waals surface area contributed by atoms with Gasteiger partial charge in [-0.3, -0.25) is 14.9 Å². The molecule has 0 aliphatic heterocycles. The number of carbonyl (C=O) groups is 1. The summed E-state index contributed by atoms with van der Waals surface area (Å²) >= 11 is 1.56. The average molecular weight is 440 g/mol. The molecule has 4 aromatic carbocycles. The van der Waals surface area contributed by atoms with Crippen LogP contribution in [-0.2, 0) is 4.75 Å². The van der Waals surface area contributed by atoms with Crippen molar-refractivity contribution in [3.05, 3.63) is 148 Å². The van der Waals surface area contributed by atoms with E-state index < -0.39 is 9.67 Å². The minimum absolute atomic E-state index is 0.0265. The summed E-state index contributed by atoms with van der Waals surface area (Å²) in [6.45, 7) is 0. The van der Waals surface area contributed by atoms with Crippen molar-refractivity contribution in [2.75, 3.05) is 5.75 Å². The van der Waals surface area contributed by atoms with Crippen LogP contribution in [0.2, 0.25) is 0 Å². The van der Waals surface area contributed by atoms with Crippen LogP contribution in [0, 0.1) is 10.1 Å². The molecule has 0 amide bonds. The maximum atomic E-state index is 13.1. The molecule has 0 bridgehead atoms. The van der Waals surface area contributed by atoms with Crippen molar-refractivity contribution in [2.45, 2.75) is 4.75 Å². The Kier molecular flexibility index (Phi) is 6.47. The lowest BCUT2D eigenvalue weighted by atomic mass is 9.84. The third-order valence-electron chi connectivity index (χ3n) is 5.36. The highest BCUT2D eigenvalue weighted by atomic mass is 32.2. The van der Waals surface area contributed by atoms with Crippen molar-refractivity contribution in [2.24, 2.45) is 0 Å². The molecule has 4 rings (SSSR count). The number of rotatable bonds is 8. The number of nitrogens with zero attached hydrogens (tertiary/aromatic N) is 1. The van der Waals surface area contributed by atoms with Gasteiger partial charge >= 0.3 is 0 Å². The summed E-state index contributed by atoms with van der Waals surface area (Å²) in [4.78, 5) is 23.5. The standard InChI is InChI=1S/C27H21NO3S/c29-26(21-16-18-25(19-17-21)28(30)31)20-32-27(22-10-4-1-5-11-22,23-12-6-2-7-13-23)24-14-8-3-9-15-24/h1-19H,20H2. The molecule has 0 fully saturated rings. The minimum atomic E-state index is -0.583. The number of benzene rings is 4. The van der Waals surface area contributed by atoms with E-state index in [1.165, 1.54) is 24.3 Å². The summed E-state index contributed by atoms with van der Waals surface area (Å²) in [5, 5.41) is 10.9. The van der Waals surface area contributed by atoms with Gasteiger partial charge in [-0.15, -0.1) is 11.8 Å². The fourth-order valence-corrected chi connectivity index (χ4v) is 5.22. The number of Topliss-reactive ketones (excluding diaryl/α,β-unsaturated/α-hetero) is 1. The van der Waals surface area contributed by atoms with Crippen molar-refractivity contribution >= 4 is 23.2 Å². The maximum Gasteiger partial charge on any atom is 0.269 e. The minimum Gasteiger partial charge on any atom is -0.293 e. The van der Waals surface area contributed by atoms with Crippen LogP contribution in [0.4, 0.5) is 5.69 Å². The van der Waals surface area contributed by atoms with Gasteiger partial charge in [-0.2, -0.15) is 0 Å². The highest BCUT2D eigenvalue weighted by Gasteiger charge is 2.37. The highest BCUT2D eigenvalue weighted by molar-refractivity contribution is 8.01. The fraction of sp³-hybridized carbons (Fsp3) is 0.0741. The lowest BCUT2D eigenvalue weighted by Crippen LogP contribution is -2.27. The molecular formula is C27H21NO3S. The molecule has 158 valence electrons. The predicted octanol–water partition coefficient (Wildman–Crippen LogP) is 6.50. The predicted molar refractivity (Wildman–Crippen MR) is 129 cm³/mol. The zero-order chi connectivity index (χ0) is 22.4. The van der Waals surface area contributed by atoms with Crippen LogP contribution in [0.25, 0.3) is 0 Å². The molecule has 0 atom stereocenters. The molecule has 0 aliphatic carbocycles. The monoisotopic (exact) mass is 439 g/mol. The Morgan fingerprint density at radius 1 is 0.688 bits per heavy atom. The van der Waals surface area contributed by atoms with Gasteiger partial charge in [-0.1, -0.05) is 91.0 Å². The van der Waals surface area contributed by atoms with Crippen LogP contribution in [-0.4, -0.2) is 16.5 Å². The van der Waals surface area contributed by atoms with Crippen molar-refractivity contribution < 1.29 is 9.72 Å². The van der Waals surface area contributed by atoms with Gasteiger partial charge in [0.15, 0.2) is 5.78 Å². The lowest BCUT2D eigenvalue weighted by Gasteiger charge is -2.35. The summed E-state index contributed by atoms with van der Waals surface area (Å²) in [7, 11) is 0. The summed E-state index contributed by atoms with van der Waals surface area (Å²) in [5.74, 6) is 0.147. The third kappa shape index (κ3) is 4.34. The van der Waals surface area contributed by atoms with E-state index in [1.807, 2.05) is 54.6 Å². The van der Waals surface area contributed by atoms with Crippen molar-refractivity contribution in [3.63, 3.8) is 0 Å². The first kappa shape index (κ1) is 21.5. The summed E-state index contributed by atoms with van der Waals surface area (Å²) < 4.78 is -0.583. The molecule has 4 nitrogen and oxygen atoms in total. The van der Waals surface area contributed by atoms with E-state index in [-0.39, 0.29) is 17.2 Å². The Balaban J connectivity index is 1.76. The van der Waals surface area contributed by atoms with Crippen molar-refractivity contribution in [1.82, 2.24) is 0 Å². The SMILES string of the molecule is O=C(CSC(c1ccccc1)(c1ccccc1)c1ccccc1)c1ccc([N+](=O)[O-])cc1. The topological polar surface area (TPSA) is 60.2 Å². The fourth-order valence-electron chi connectivity index (χ4n) is 3.79. The summed E-state index contributed by atoms with van der Waals surface area (Å²) in [6, 6.07) is 36.3. The molecule has 5 heteroatoms. The Hall–Kier alpha value is -3.70.